The highest BCUT2D eigenvalue weighted by Crippen LogP contribution is 2.19. The van der Waals surface area contributed by atoms with Crippen LogP contribution in [0.15, 0.2) is 65.9 Å². The van der Waals surface area contributed by atoms with E-state index >= 15 is 0 Å². The zero-order valence-corrected chi connectivity index (χ0v) is 13.6. The Hall–Kier alpha value is -3.08. The Morgan fingerprint density at radius 1 is 1.12 bits per heavy atom. The Morgan fingerprint density at radius 3 is 2.67 bits per heavy atom. The number of amides is 1. The summed E-state index contributed by atoms with van der Waals surface area (Å²) in [5.41, 5.74) is 5.61. The van der Waals surface area contributed by atoms with E-state index in [9.17, 15) is 4.79 Å². The smallest absolute Gasteiger partial charge is 0.259 e. The molecule has 5 nitrogen and oxygen atoms in total. The first-order chi connectivity index (χ1) is 11.8. The SMILES string of the molecule is CCn1cc(/C=N\NC(=O)CNc2ccccc2)c2ccccc21. The summed E-state index contributed by atoms with van der Waals surface area (Å²) in [4.78, 5) is 11.8. The summed E-state index contributed by atoms with van der Waals surface area (Å²) in [5, 5.41) is 8.24. The number of fused-ring (bicyclic) bond motifs is 1. The Kier molecular flexibility index (Phi) is 4.91. The lowest BCUT2D eigenvalue weighted by Crippen LogP contribution is -2.25. The maximum Gasteiger partial charge on any atom is 0.259 e. The number of benzene rings is 2. The quantitative estimate of drug-likeness (QED) is 0.541. The third-order valence-corrected chi connectivity index (χ3v) is 3.78. The number of rotatable bonds is 6. The van der Waals surface area contributed by atoms with E-state index in [0.29, 0.717) is 0 Å². The van der Waals surface area contributed by atoms with E-state index in [0.717, 1.165) is 23.2 Å². The average molecular weight is 320 g/mol. The van der Waals surface area contributed by atoms with Crippen LogP contribution in [0.25, 0.3) is 10.9 Å². The van der Waals surface area contributed by atoms with E-state index in [1.807, 2.05) is 48.7 Å². The van der Waals surface area contributed by atoms with Gasteiger partial charge in [-0.05, 0) is 25.1 Å². The van der Waals surface area contributed by atoms with Gasteiger partial charge in [0.05, 0.1) is 12.8 Å². The predicted molar refractivity (Wildman–Crippen MR) is 98.3 cm³/mol. The second kappa shape index (κ2) is 7.46. The van der Waals surface area contributed by atoms with Crippen LogP contribution in [0.3, 0.4) is 0 Å². The molecule has 0 aliphatic carbocycles. The van der Waals surface area contributed by atoms with E-state index in [-0.39, 0.29) is 12.5 Å². The first-order valence-electron chi connectivity index (χ1n) is 7.96. The largest absolute Gasteiger partial charge is 0.376 e. The van der Waals surface area contributed by atoms with Crippen molar-refractivity contribution >= 4 is 28.7 Å². The van der Waals surface area contributed by atoms with Crippen LogP contribution in [-0.2, 0) is 11.3 Å². The lowest BCUT2D eigenvalue weighted by atomic mass is 10.2. The van der Waals surface area contributed by atoms with E-state index in [1.54, 1.807) is 6.21 Å². The number of hydrazone groups is 1. The molecule has 0 radical (unpaired) electrons. The topological polar surface area (TPSA) is 58.4 Å². The summed E-state index contributed by atoms with van der Waals surface area (Å²) < 4.78 is 2.16. The van der Waals surface area contributed by atoms with Gasteiger partial charge in [0, 0.05) is 34.9 Å². The summed E-state index contributed by atoms with van der Waals surface area (Å²) in [5.74, 6) is -0.186. The van der Waals surface area contributed by atoms with Crippen molar-refractivity contribution < 1.29 is 4.79 Å². The Bertz CT molecular complexity index is 852. The number of carbonyl (C=O) groups is 1. The number of nitrogens with one attached hydrogen (secondary N) is 2. The lowest BCUT2D eigenvalue weighted by molar-refractivity contribution is -0.119. The first kappa shape index (κ1) is 15.8. The van der Waals surface area contributed by atoms with E-state index in [1.165, 1.54) is 5.52 Å². The molecule has 5 heteroatoms. The Morgan fingerprint density at radius 2 is 1.88 bits per heavy atom. The van der Waals surface area contributed by atoms with Gasteiger partial charge in [0.2, 0.25) is 0 Å². The van der Waals surface area contributed by atoms with Crippen LogP contribution < -0.4 is 10.7 Å². The highest BCUT2D eigenvalue weighted by Gasteiger charge is 2.05. The molecular weight excluding hydrogens is 300 g/mol. The van der Waals surface area contributed by atoms with Gasteiger partial charge < -0.3 is 9.88 Å². The molecule has 0 saturated carbocycles. The fourth-order valence-electron chi connectivity index (χ4n) is 2.59. The van der Waals surface area contributed by atoms with Gasteiger partial charge in [-0.15, -0.1) is 0 Å². The van der Waals surface area contributed by atoms with Crippen LogP contribution in [0.4, 0.5) is 5.69 Å². The van der Waals surface area contributed by atoms with Crippen molar-refractivity contribution in [1.82, 2.24) is 9.99 Å². The van der Waals surface area contributed by atoms with Crippen molar-refractivity contribution in [2.75, 3.05) is 11.9 Å². The summed E-state index contributed by atoms with van der Waals surface area (Å²) >= 11 is 0. The van der Waals surface area contributed by atoms with Gasteiger partial charge >= 0.3 is 0 Å². The minimum Gasteiger partial charge on any atom is -0.376 e. The molecule has 1 heterocycles. The third kappa shape index (κ3) is 3.63. The van der Waals surface area contributed by atoms with Crippen LogP contribution in [0, 0.1) is 0 Å². The number of nitrogens with zero attached hydrogens (tertiary/aromatic N) is 2. The molecule has 122 valence electrons. The highest BCUT2D eigenvalue weighted by atomic mass is 16.2. The number of para-hydroxylation sites is 2. The van der Waals surface area contributed by atoms with Crippen molar-refractivity contribution in [3.05, 3.63) is 66.4 Å². The molecule has 0 fully saturated rings. The van der Waals surface area contributed by atoms with Crippen LogP contribution in [0.1, 0.15) is 12.5 Å². The second-order valence-electron chi connectivity index (χ2n) is 5.40. The monoisotopic (exact) mass is 320 g/mol. The molecule has 3 rings (SSSR count). The summed E-state index contributed by atoms with van der Waals surface area (Å²) in [6.07, 6.45) is 3.73. The highest BCUT2D eigenvalue weighted by molar-refractivity contribution is 5.99. The maximum atomic E-state index is 11.8. The van der Waals surface area contributed by atoms with Gasteiger partial charge in [-0.25, -0.2) is 5.43 Å². The zero-order valence-electron chi connectivity index (χ0n) is 13.6. The average Bonchev–Trinajstić information content (AvgIpc) is 2.99. The van der Waals surface area contributed by atoms with Gasteiger partial charge in [0.1, 0.15) is 0 Å². The van der Waals surface area contributed by atoms with Crippen LogP contribution in [-0.4, -0.2) is 23.2 Å². The number of aromatic nitrogens is 1. The minimum atomic E-state index is -0.186. The number of aryl methyl sites for hydroxylation is 1. The molecule has 0 spiro atoms. The zero-order chi connectivity index (χ0) is 16.8. The van der Waals surface area contributed by atoms with Gasteiger partial charge in [0.15, 0.2) is 0 Å². The molecule has 24 heavy (non-hydrogen) atoms. The molecule has 0 saturated heterocycles. The molecule has 0 unspecified atom stereocenters. The fourth-order valence-corrected chi connectivity index (χ4v) is 2.59. The lowest BCUT2D eigenvalue weighted by Gasteiger charge is -2.04. The van der Waals surface area contributed by atoms with Crippen molar-refractivity contribution in [2.45, 2.75) is 13.5 Å². The molecule has 0 aliphatic heterocycles. The summed E-state index contributed by atoms with van der Waals surface area (Å²) in [7, 11) is 0. The predicted octanol–water partition coefficient (Wildman–Crippen LogP) is 3.22. The second-order valence-corrected chi connectivity index (χ2v) is 5.40. The van der Waals surface area contributed by atoms with Crippen LogP contribution in [0.2, 0.25) is 0 Å². The third-order valence-electron chi connectivity index (χ3n) is 3.78. The normalized spacial score (nSPS) is 11.0. The molecule has 0 aliphatic rings. The van der Waals surface area contributed by atoms with Gasteiger partial charge in [-0.2, -0.15) is 5.10 Å². The van der Waals surface area contributed by atoms with Crippen LogP contribution in [0.5, 0.6) is 0 Å². The summed E-state index contributed by atoms with van der Waals surface area (Å²) in [6, 6.07) is 17.8. The number of anilines is 1. The molecule has 2 N–H and O–H groups in total. The number of hydrogen-bond acceptors (Lipinski definition) is 3. The Labute approximate surface area is 141 Å². The molecule has 3 aromatic rings. The molecule has 0 bridgehead atoms. The van der Waals surface area contributed by atoms with E-state index < -0.39 is 0 Å². The molecule has 2 aromatic carbocycles. The van der Waals surface area contributed by atoms with Crippen LogP contribution >= 0.6 is 0 Å². The van der Waals surface area contributed by atoms with Crippen molar-refractivity contribution in [3.8, 4) is 0 Å². The standard InChI is InChI=1S/C19H20N4O/c1-2-23-14-15(17-10-6-7-11-18(17)23)12-21-22-19(24)13-20-16-8-4-3-5-9-16/h3-12,14,20H,2,13H2,1H3,(H,22,24)/b21-12-. The van der Waals surface area contributed by atoms with Crippen molar-refractivity contribution in [1.29, 1.82) is 0 Å². The van der Waals surface area contributed by atoms with Gasteiger partial charge in [-0.3, -0.25) is 4.79 Å². The molecule has 1 amide bonds. The maximum absolute atomic E-state index is 11.8. The molecular formula is C19H20N4O. The van der Waals surface area contributed by atoms with Crippen molar-refractivity contribution in [2.24, 2.45) is 5.10 Å². The fraction of sp³-hybridized carbons (Fsp3) is 0.158. The number of carbonyl (C=O) groups excluding carboxylic acids is 1. The first-order valence-corrected chi connectivity index (χ1v) is 7.96. The van der Waals surface area contributed by atoms with Gasteiger partial charge in [-0.1, -0.05) is 36.4 Å². The number of hydrogen-bond donors (Lipinski definition) is 2. The van der Waals surface area contributed by atoms with Crippen molar-refractivity contribution in [3.63, 3.8) is 0 Å². The molecule has 1 aromatic heterocycles. The summed E-state index contributed by atoms with van der Waals surface area (Å²) in [6.45, 7) is 3.17. The van der Waals surface area contributed by atoms with E-state index in [2.05, 4.69) is 39.5 Å². The molecule has 0 atom stereocenters. The van der Waals surface area contributed by atoms with Gasteiger partial charge in [0.25, 0.3) is 5.91 Å². The Balaban J connectivity index is 1.61. The minimum absolute atomic E-state index is 0.179. The van der Waals surface area contributed by atoms with E-state index in [4.69, 9.17) is 0 Å².